The summed E-state index contributed by atoms with van der Waals surface area (Å²) in [6.07, 6.45) is -0.283. The van der Waals surface area contributed by atoms with Crippen LogP contribution in [0.4, 0.5) is 0 Å². The van der Waals surface area contributed by atoms with E-state index in [4.69, 9.17) is 20.5 Å². The zero-order chi connectivity index (χ0) is 22.3. The molecule has 4 rings (SSSR count). The van der Waals surface area contributed by atoms with Crippen molar-refractivity contribution in [3.8, 4) is 22.8 Å². The van der Waals surface area contributed by atoms with Gasteiger partial charge in [-0.1, -0.05) is 23.7 Å². The molecule has 10 heteroatoms. The number of hydrogen-bond donors (Lipinski definition) is 4. The van der Waals surface area contributed by atoms with Gasteiger partial charge in [0.05, 0.1) is 11.1 Å². The average molecular weight is 466 g/mol. The number of aliphatic hydroxyl groups is 1. The zero-order valence-corrected chi connectivity index (χ0v) is 18.2. The Labute approximate surface area is 183 Å². The van der Waals surface area contributed by atoms with Crippen molar-refractivity contribution in [2.24, 2.45) is 0 Å². The molecule has 0 saturated carbocycles. The first-order valence-corrected chi connectivity index (χ1v) is 11.1. The van der Waals surface area contributed by atoms with Crippen LogP contribution in [0.15, 0.2) is 45.6 Å². The monoisotopic (exact) mass is 465 g/mol. The van der Waals surface area contributed by atoms with E-state index >= 15 is 0 Å². The maximum atomic E-state index is 13.1. The largest absolute Gasteiger partial charge is 0.507 e. The Hall–Kier alpha value is -2.19. The van der Waals surface area contributed by atoms with E-state index in [1.807, 2.05) is 11.9 Å². The first-order chi connectivity index (χ1) is 14.8. The summed E-state index contributed by atoms with van der Waals surface area (Å²) in [6, 6.07) is 9.22. The van der Waals surface area contributed by atoms with Crippen molar-refractivity contribution in [2.75, 3.05) is 20.1 Å². The highest BCUT2D eigenvalue weighted by Gasteiger charge is 2.33. The topological polar surface area (TPSA) is 124 Å². The van der Waals surface area contributed by atoms with Crippen LogP contribution >= 0.6 is 20.2 Å². The summed E-state index contributed by atoms with van der Waals surface area (Å²) < 4.78 is 11.1. The Morgan fingerprint density at radius 2 is 2.00 bits per heavy atom. The van der Waals surface area contributed by atoms with E-state index in [0.29, 0.717) is 30.1 Å². The lowest BCUT2D eigenvalue weighted by Gasteiger charge is -2.34. The first kappa shape index (κ1) is 22.0. The molecule has 8 nitrogen and oxygen atoms in total. The molecule has 31 heavy (non-hydrogen) atoms. The molecule has 0 spiro atoms. The number of aliphatic hydroxyl groups excluding tert-OH is 1. The minimum Gasteiger partial charge on any atom is -0.507 e. The lowest BCUT2D eigenvalue weighted by molar-refractivity contribution is 0.0631. The molecule has 1 fully saturated rings. The summed E-state index contributed by atoms with van der Waals surface area (Å²) in [4.78, 5) is 33.7. The summed E-state index contributed by atoms with van der Waals surface area (Å²) >= 11 is 6.28. The standard InChI is InChI=1S/C21H21ClNO7P/c1-23-7-6-12(16(26)10-23)19-14(24)9-18(30-31(27)28)20-15(25)8-17(29-21(19)20)11-4-2-3-5-13(11)22/h2-5,8-9,12,16,24,26-28H,6-7,10H2,1H3/t12?,16-/m1/s1. The molecule has 3 aromatic rings. The third-order valence-electron chi connectivity index (χ3n) is 5.46. The molecule has 0 aliphatic carbocycles. The Bertz CT molecular complexity index is 1180. The molecule has 1 aliphatic rings. The van der Waals surface area contributed by atoms with Gasteiger partial charge in [-0.05, 0) is 32.1 Å². The van der Waals surface area contributed by atoms with E-state index in [1.165, 1.54) is 6.07 Å². The van der Waals surface area contributed by atoms with Crippen LogP contribution in [-0.2, 0) is 0 Å². The number of phenols is 1. The van der Waals surface area contributed by atoms with Crippen molar-refractivity contribution in [1.82, 2.24) is 4.90 Å². The number of benzene rings is 2. The number of hydrogen-bond acceptors (Lipinski definition) is 8. The van der Waals surface area contributed by atoms with Crippen LogP contribution in [0.5, 0.6) is 11.5 Å². The maximum absolute atomic E-state index is 13.1. The van der Waals surface area contributed by atoms with Gasteiger partial charge < -0.3 is 33.8 Å². The van der Waals surface area contributed by atoms with Gasteiger partial charge in [-0.2, -0.15) is 0 Å². The highest BCUT2D eigenvalue weighted by Crippen LogP contribution is 2.45. The normalized spacial score (nSPS) is 19.8. The number of rotatable bonds is 4. The zero-order valence-electron chi connectivity index (χ0n) is 16.5. The molecule has 0 radical (unpaired) electrons. The van der Waals surface area contributed by atoms with E-state index in [0.717, 1.165) is 6.07 Å². The van der Waals surface area contributed by atoms with Gasteiger partial charge in [0.1, 0.15) is 28.2 Å². The van der Waals surface area contributed by atoms with Crippen LogP contribution in [-0.4, -0.2) is 51.1 Å². The van der Waals surface area contributed by atoms with E-state index in [1.54, 1.807) is 24.3 Å². The van der Waals surface area contributed by atoms with Gasteiger partial charge in [0, 0.05) is 35.7 Å². The maximum Gasteiger partial charge on any atom is 0.391 e. The van der Waals surface area contributed by atoms with Crippen molar-refractivity contribution in [3.05, 3.63) is 57.2 Å². The molecule has 2 atom stereocenters. The Balaban J connectivity index is 2.01. The molecule has 2 aromatic carbocycles. The number of aromatic hydroxyl groups is 1. The number of β-amino-alcohol motifs (C(OH)–C–C–N with tert-alkyl or cyclic N) is 1. The second-order valence-corrected chi connectivity index (χ2v) is 8.63. The van der Waals surface area contributed by atoms with Crippen LogP contribution < -0.4 is 9.95 Å². The van der Waals surface area contributed by atoms with Crippen molar-refractivity contribution < 1.29 is 28.9 Å². The minimum atomic E-state index is -2.84. The number of piperidine rings is 1. The Kier molecular flexibility index (Phi) is 6.21. The summed E-state index contributed by atoms with van der Waals surface area (Å²) in [5.74, 6) is -0.803. The number of halogens is 1. The molecule has 1 aliphatic heterocycles. The Morgan fingerprint density at radius 1 is 1.26 bits per heavy atom. The van der Waals surface area contributed by atoms with E-state index in [-0.39, 0.29) is 33.8 Å². The van der Waals surface area contributed by atoms with Gasteiger partial charge >= 0.3 is 8.60 Å². The number of nitrogens with zero attached hydrogens (tertiary/aromatic N) is 1. The second-order valence-electron chi connectivity index (χ2n) is 7.54. The molecule has 1 aromatic heterocycles. The predicted molar refractivity (Wildman–Crippen MR) is 117 cm³/mol. The van der Waals surface area contributed by atoms with Crippen LogP contribution in [0.1, 0.15) is 17.9 Å². The minimum absolute atomic E-state index is 0.0165. The lowest BCUT2D eigenvalue weighted by Crippen LogP contribution is -2.40. The van der Waals surface area contributed by atoms with Crippen LogP contribution in [0.25, 0.3) is 22.3 Å². The number of likely N-dealkylation sites (N-methyl/N-ethyl adjacent to an activating group) is 1. The highest BCUT2D eigenvalue weighted by atomic mass is 35.5. The molecule has 0 amide bonds. The van der Waals surface area contributed by atoms with Gasteiger partial charge in [0.25, 0.3) is 0 Å². The van der Waals surface area contributed by atoms with Crippen LogP contribution in [0.2, 0.25) is 5.02 Å². The van der Waals surface area contributed by atoms with Crippen molar-refractivity contribution in [1.29, 1.82) is 0 Å². The first-order valence-electron chi connectivity index (χ1n) is 9.57. The van der Waals surface area contributed by atoms with Gasteiger partial charge in [-0.15, -0.1) is 0 Å². The van der Waals surface area contributed by atoms with Crippen molar-refractivity contribution >= 4 is 31.2 Å². The molecular weight excluding hydrogens is 445 g/mol. The average Bonchev–Trinajstić information content (AvgIpc) is 2.68. The molecule has 4 N–H and O–H groups in total. The molecule has 2 heterocycles. The van der Waals surface area contributed by atoms with Gasteiger partial charge in [0.2, 0.25) is 0 Å². The molecule has 164 valence electrons. The van der Waals surface area contributed by atoms with Crippen LogP contribution in [0, 0.1) is 0 Å². The summed E-state index contributed by atoms with van der Waals surface area (Å²) in [5, 5.41) is 21.8. The summed E-state index contributed by atoms with van der Waals surface area (Å²) in [6.45, 7) is 1.06. The highest BCUT2D eigenvalue weighted by molar-refractivity contribution is 7.39. The van der Waals surface area contributed by atoms with Crippen molar-refractivity contribution in [3.63, 3.8) is 0 Å². The summed E-state index contributed by atoms with van der Waals surface area (Å²) in [7, 11) is -0.955. The number of phenolic OH excluding ortho intramolecular Hbond substituents is 1. The van der Waals surface area contributed by atoms with E-state index in [9.17, 15) is 24.8 Å². The fourth-order valence-corrected chi connectivity index (χ4v) is 4.59. The molecule has 0 bridgehead atoms. The van der Waals surface area contributed by atoms with Gasteiger partial charge in [0.15, 0.2) is 5.43 Å². The fraction of sp³-hybridized carbons (Fsp3) is 0.286. The van der Waals surface area contributed by atoms with Crippen molar-refractivity contribution in [2.45, 2.75) is 18.4 Å². The Morgan fingerprint density at radius 3 is 2.68 bits per heavy atom. The number of fused-ring (bicyclic) bond motifs is 1. The molecule has 1 unspecified atom stereocenters. The third kappa shape index (κ3) is 4.28. The quantitative estimate of drug-likeness (QED) is 0.433. The van der Waals surface area contributed by atoms with E-state index < -0.39 is 26.1 Å². The molecule has 1 saturated heterocycles. The predicted octanol–water partition coefficient (Wildman–Crippen LogP) is 3.19. The number of likely N-dealkylation sites (tertiary alicyclic amines) is 1. The lowest BCUT2D eigenvalue weighted by atomic mass is 9.85. The molecular formula is C21H21ClNO7P. The smallest absolute Gasteiger partial charge is 0.391 e. The van der Waals surface area contributed by atoms with Gasteiger partial charge in [-0.25, -0.2) is 0 Å². The van der Waals surface area contributed by atoms with Crippen LogP contribution in [0.3, 0.4) is 0 Å². The third-order valence-corrected chi connectivity index (χ3v) is 6.15. The fourth-order valence-electron chi connectivity index (χ4n) is 4.05. The van der Waals surface area contributed by atoms with E-state index in [2.05, 4.69) is 0 Å². The second kappa shape index (κ2) is 8.74. The van der Waals surface area contributed by atoms with Gasteiger partial charge in [-0.3, -0.25) is 4.79 Å². The SMILES string of the molecule is CN1CCC(c2c(O)cc(OP(O)O)c3c(=O)cc(-c4ccccc4Cl)oc23)[C@H](O)C1. The summed E-state index contributed by atoms with van der Waals surface area (Å²) in [5.41, 5.74) is 0.263.